The molecule has 1 aliphatic rings. The number of carbonyl (C=O) groups excluding carboxylic acids is 1. The van der Waals surface area contributed by atoms with Gasteiger partial charge in [-0.15, -0.1) is 5.10 Å². The van der Waals surface area contributed by atoms with Gasteiger partial charge in [-0.2, -0.15) is 23.3 Å². The lowest BCUT2D eigenvalue weighted by molar-refractivity contribution is -0.136. The average molecular weight is 451 g/mol. The minimum Gasteiger partial charge on any atom is -0.348 e. The van der Waals surface area contributed by atoms with Gasteiger partial charge in [0.25, 0.3) is 5.91 Å². The van der Waals surface area contributed by atoms with E-state index in [9.17, 15) is 18.0 Å². The number of pyridine rings is 1. The molecule has 5 rings (SSSR count). The van der Waals surface area contributed by atoms with Gasteiger partial charge in [0.2, 0.25) is 11.1 Å². The summed E-state index contributed by atoms with van der Waals surface area (Å²) in [6.07, 6.45) is -1.14. The Bertz CT molecular complexity index is 1310. The Kier molecular flexibility index (Phi) is 4.29. The number of halogens is 4. The van der Waals surface area contributed by atoms with Crippen LogP contribution < -0.4 is 0 Å². The van der Waals surface area contributed by atoms with Crippen molar-refractivity contribution in [1.82, 2.24) is 39.2 Å². The number of aryl methyl sites for hydroxylation is 1. The molecule has 5 heterocycles. The van der Waals surface area contributed by atoms with Crippen molar-refractivity contribution in [2.75, 3.05) is 6.54 Å². The van der Waals surface area contributed by atoms with Gasteiger partial charge in [-0.1, -0.05) is 0 Å². The highest BCUT2D eigenvalue weighted by molar-refractivity contribution is 6.28. The standard InChI is InChI=1S/C18H14ClF3N8O/c1-28-15(25-17(19)27-28)16(31)29-6-4-10-13(24-8-23-10)14(29)11-7-12-9(18(20,21)22)3-2-5-30(12)26-11/h2-3,5,7-8,14H,4,6H2,1H3,(H,23,24)/t14-/m0/s1. The van der Waals surface area contributed by atoms with Crippen molar-refractivity contribution in [3.8, 4) is 0 Å². The van der Waals surface area contributed by atoms with Crippen LogP contribution in [0.5, 0.6) is 0 Å². The Hall–Kier alpha value is -3.41. The van der Waals surface area contributed by atoms with Crippen molar-refractivity contribution in [3.05, 3.63) is 64.5 Å². The molecule has 9 nitrogen and oxygen atoms in total. The molecule has 0 aromatic carbocycles. The van der Waals surface area contributed by atoms with E-state index in [0.717, 1.165) is 16.3 Å². The third-order valence-corrected chi connectivity index (χ3v) is 5.38. The Balaban J connectivity index is 1.66. The van der Waals surface area contributed by atoms with E-state index in [0.29, 0.717) is 12.1 Å². The molecule has 0 spiro atoms. The highest BCUT2D eigenvalue weighted by Gasteiger charge is 2.39. The molecular weight excluding hydrogens is 437 g/mol. The summed E-state index contributed by atoms with van der Waals surface area (Å²) in [5, 5.41) is 8.15. The zero-order valence-electron chi connectivity index (χ0n) is 15.9. The van der Waals surface area contributed by atoms with Crippen molar-refractivity contribution in [3.63, 3.8) is 0 Å². The third kappa shape index (κ3) is 3.14. The predicted molar refractivity (Wildman–Crippen MR) is 101 cm³/mol. The fourth-order valence-corrected chi connectivity index (χ4v) is 4.06. The molecule has 0 saturated heterocycles. The molecule has 0 bridgehead atoms. The number of aromatic nitrogens is 7. The number of H-pyrrole nitrogens is 1. The molecule has 4 aromatic rings. The lowest BCUT2D eigenvalue weighted by atomic mass is 9.99. The molecular formula is C18H14ClF3N8O. The highest BCUT2D eigenvalue weighted by atomic mass is 35.5. The van der Waals surface area contributed by atoms with E-state index < -0.39 is 23.7 Å². The Morgan fingerprint density at radius 1 is 1.32 bits per heavy atom. The van der Waals surface area contributed by atoms with Crippen molar-refractivity contribution in [2.24, 2.45) is 7.05 Å². The SMILES string of the molecule is Cn1nc(Cl)nc1C(=O)N1CCc2[nH]cnc2[C@@H]1c1cc2c(C(F)(F)F)cccn2n1. The summed E-state index contributed by atoms with van der Waals surface area (Å²) in [5.41, 5.74) is 0.640. The van der Waals surface area contributed by atoms with Crippen molar-refractivity contribution >= 4 is 23.0 Å². The molecule has 160 valence electrons. The lowest BCUT2D eigenvalue weighted by Crippen LogP contribution is -2.42. The van der Waals surface area contributed by atoms with Crippen LogP contribution in [-0.2, 0) is 19.6 Å². The van der Waals surface area contributed by atoms with Crippen molar-refractivity contribution < 1.29 is 18.0 Å². The monoisotopic (exact) mass is 450 g/mol. The normalized spacial score (nSPS) is 16.7. The van der Waals surface area contributed by atoms with Crippen LogP contribution in [0.4, 0.5) is 13.2 Å². The minimum absolute atomic E-state index is 0.00808. The number of hydrogen-bond acceptors (Lipinski definition) is 5. The van der Waals surface area contributed by atoms with E-state index in [1.165, 1.54) is 41.3 Å². The van der Waals surface area contributed by atoms with Gasteiger partial charge in [-0.3, -0.25) is 4.79 Å². The number of rotatable bonds is 2. The molecule has 0 aliphatic carbocycles. The van der Waals surface area contributed by atoms with Gasteiger partial charge < -0.3 is 9.88 Å². The number of fused-ring (bicyclic) bond motifs is 2. The van der Waals surface area contributed by atoms with E-state index in [1.54, 1.807) is 0 Å². The maximum absolute atomic E-state index is 13.5. The molecule has 1 aliphatic heterocycles. The summed E-state index contributed by atoms with van der Waals surface area (Å²) in [4.78, 5) is 26.1. The first-order valence-electron chi connectivity index (χ1n) is 9.19. The zero-order chi connectivity index (χ0) is 21.9. The summed E-state index contributed by atoms with van der Waals surface area (Å²) >= 11 is 5.83. The second kappa shape index (κ2) is 6.80. The van der Waals surface area contributed by atoms with Crippen molar-refractivity contribution in [2.45, 2.75) is 18.6 Å². The van der Waals surface area contributed by atoms with Crippen LogP contribution in [0.1, 0.15) is 39.3 Å². The first kappa shape index (κ1) is 19.5. The number of aromatic amines is 1. The van der Waals surface area contributed by atoms with E-state index >= 15 is 0 Å². The highest BCUT2D eigenvalue weighted by Crippen LogP contribution is 2.37. The molecule has 4 aromatic heterocycles. The van der Waals surface area contributed by atoms with E-state index in [4.69, 9.17) is 11.6 Å². The minimum atomic E-state index is -4.55. The molecule has 0 unspecified atom stereocenters. The van der Waals surface area contributed by atoms with Crippen LogP contribution in [0, 0.1) is 0 Å². The fourth-order valence-electron chi connectivity index (χ4n) is 3.87. The summed E-state index contributed by atoms with van der Waals surface area (Å²) in [7, 11) is 1.53. The second-order valence-electron chi connectivity index (χ2n) is 7.06. The molecule has 1 amide bonds. The topological polar surface area (TPSA) is 97.0 Å². The van der Waals surface area contributed by atoms with Gasteiger partial charge in [0.15, 0.2) is 0 Å². The van der Waals surface area contributed by atoms with Crippen LogP contribution in [0.15, 0.2) is 30.7 Å². The molecule has 13 heteroatoms. The number of carbonyl (C=O) groups is 1. The van der Waals surface area contributed by atoms with Gasteiger partial charge >= 0.3 is 6.18 Å². The van der Waals surface area contributed by atoms with Gasteiger partial charge in [-0.05, 0) is 29.8 Å². The molecule has 0 radical (unpaired) electrons. The first-order chi connectivity index (χ1) is 14.7. The molecule has 0 fully saturated rings. The van der Waals surface area contributed by atoms with Crippen LogP contribution in [0.3, 0.4) is 0 Å². The molecule has 31 heavy (non-hydrogen) atoms. The number of nitrogens with zero attached hydrogens (tertiary/aromatic N) is 7. The molecule has 0 saturated carbocycles. The Labute approximate surface area is 177 Å². The van der Waals surface area contributed by atoms with Gasteiger partial charge in [0.05, 0.1) is 28.8 Å². The van der Waals surface area contributed by atoms with Gasteiger partial charge in [0, 0.05) is 31.9 Å². The maximum Gasteiger partial charge on any atom is 0.418 e. The number of alkyl halides is 3. The summed E-state index contributed by atoms with van der Waals surface area (Å²) < 4.78 is 42.8. The second-order valence-corrected chi connectivity index (χ2v) is 7.40. The van der Waals surface area contributed by atoms with Crippen LogP contribution >= 0.6 is 11.6 Å². The number of hydrogen-bond donors (Lipinski definition) is 1. The van der Waals surface area contributed by atoms with E-state index in [2.05, 4.69) is 25.1 Å². The Morgan fingerprint density at radius 2 is 2.13 bits per heavy atom. The molecule has 1 N–H and O–H groups in total. The first-order valence-corrected chi connectivity index (χ1v) is 9.57. The number of imidazole rings is 1. The summed E-state index contributed by atoms with van der Waals surface area (Å²) in [6, 6.07) is 2.80. The fraction of sp³-hybridized carbons (Fsp3) is 0.278. The molecule has 1 atom stereocenters. The van der Waals surface area contributed by atoms with Crippen molar-refractivity contribution in [1.29, 1.82) is 0 Å². The van der Waals surface area contributed by atoms with Crippen LogP contribution in [-0.4, -0.2) is 51.7 Å². The number of amides is 1. The average Bonchev–Trinajstić information content (AvgIpc) is 3.42. The van der Waals surface area contributed by atoms with Gasteiger partial charge in [-0.25, -0.2) is 14.2 Å². The van der Waals surface area contributed by atoms with E-state index in [1.807, 2.05) is 0 Å². The third-order valence-electron chi connectivity index (χ3n) is 5.22. The van der Waals surface area contributed by atoms with Crippen LogP contribution in [0.25, 0.3) is 5.52 Å². The van der Waals surface area contributed by atoms with Gasteiger partial charge in [0.1, 0.15) is 6.04 Å². The Morgan fingerprint density at radius 3 is 2.84 bits per heavy atom. The number of nitrogens with one attached hydrogen (secondary N) is 1. The predicted octanol–water partition coefficient (Wildman–Crippen LogP) is 2.65. The van der Waals surface area contributed by atoms with E-state index in [-0.39, 0.29) is 28.9 Å². The lowest BCUT2D eigenvalue weighted by Gasteiger charge is -2.33. The quantitative estimate of drug-likeness (QED) is 0.506. The maximum atomic E-state index is 13.5. The van der Waals surface area contributed by atoms with Crippen LogP contribution in [0.2, 0.25) is 5.28 Å². The smallest absolute Gasteiger partial charge is 0.348 e. The summed E-state index contributed by atoms with van der Waals surface area (Å²) in [5.74, 6) is -0.470. The largest absolute Gasteiger partial charge is 0.418 e. The zero-order valence-corrected chi connectivity index (χ0v) is 16.7. The summed E-state index contributed by atoms with van der Waals surface area (Å²) in [6.45, 7) is 0.281.